The number of hydrogen-bond acceptors (Lipinski definition) is 4. The van der Waals surface area contributed by atoms with E-state index in [1.807, 2.05) is 30.3 Å². The molecule has 7 nitrogen and oxygen atoms in total. The average molecular weight is 341 g/mol. The van der Waals surface area contributed by atoms with Crippen molar-refractivity contribution in [1.29, 1.82) is 0 Å². The highest BCUT2D eigenvalue weighted by Gasteiger charge is 2.40. The number of aromatic nitrogens is 2. The van der Waals surface area contributed by atoms with Crippen LogP contribution in [0.3, 0.4) is 0 Å². The van der Waals surface area contributed by atoms with Gasteiger partial charge in [0, 0.05) is 30.8 Å². The van der Waals surface area contributed by atoms with Crippen molar-refractivity contribution >= 4 is 11.9 Å². The molecular formula is C18H19N3O4. The zero-order valence-corrected chi connectivity index (χ0v) is 13.8. The van der Waals surface area contributed by atoms with Crippen LogP contribution in [-0.2, 0) is 16.0 Å². The summed E-state index contributed by atoms with van der Waals surface area (Å²) in [5, 5.41) is 9.51. The van der Waals surface area contributed by atoms with Gasteiger partial charge in [-0.25, -0.2) is 4.98 Å². The van der Waals surface area contributed by atoms with Gasteiger partial charge in [-0.3, -0.25) is 14.4 Å². The predicted molar refractivity (Wildman–Crippen MR) is 90.2 cm³/mol. The minimum Gasteiger partial charge on any atom is -0.481 e. The first-order valence-electron chi connectivity index (χ1n) is 8.06. The van der Waals surface area contributed by atoms with Gasteiger partial charge in [-0.1, -0.05) is 30.3 Å². The standard InChI is InChI=1S/C18H19N3O4/c1-11-19-8-13(17(23)20-11)7-16(22)21-9-14(15(10-21)18(24)25)12-5-3-2-4-6-12/h2-6,8,14-15H,7,9-10H2,1H3,(H,24,25)(H,19,20,23)/t14-,15+/m1/s1. The van der Waals surface area contributed by atoms with Crippen molar-refractivity contribution in [2.45, 2.75) is 19.3 Å². The smallest absolute Gasteiger partial charge is 0.308 e. The molecule has 2 atom stereocenters. The Morgan fingerprint density at radius 2 is 2.00 bits per heavy atom. The van der Waals surface area contributed by atoms with E-state index in [9.17, 15) is 19.5 Å². The number of H-pyrrole nitrogens is 1. The van der Waals surface area contributed by atoms with E-state index in [0.29, 0.717) is 12.4 Å². The van der Waals surface area contributed by atoms with Crippen molar-refractivity contribution in [1.82, 2.24) is 14.9 Å². The van der Waals surface area contributed by atoms with Crippen LogP contribution in [0.25, 0.3) is 0 Å². The summed E-state index contributed by atoms with van der Waals surface area (Å²) in [5.41, 5.74) is 0.847. The highest BCUT2D eigenvalue weighted by Crippen LogP contribution is 2.33. The van der Waals surface area contributed by atoms with Crippen molar-refractivity contribution < 1.29 is 14.7 Å². The fourth-order valence-corrected chi connectivity index (χ4v) is 3.21. The lowest BCUT2D eigenvalue weighted by molar-refractivity contribution is -0.141. The third-order valence-corrected chi connectivity index (χ3v) is 4.56. The van der Waals surface area contributed by atoms with Crippen LogP contribution in [0.4, 0.5) is 0 Å². The molecule has 3 rings (SSSR count). The Morgan fingerprint density at radius 1 is 1.28 bits per heavy atom. The van der Waals surface area contributed by atoms with Crippen molar-refractivity contribution in [3.8, 4) is 0 Å². The van der Waals surface area contributed by atoms with Crippen LogP contribution in [0, 0.1) is 12.8 Å². The van der Waals surface area contributed by atoms with Gasteiger partial charge in [0.05, 0.1) is 12.3 Å². The molecule has 0 saturated carbocycles. The lowest BCUT2D eigenvalue weighted by Gasteiger charge is -2.16. The second kappa shape index (κ2) is 6.88. The van der Waals surface area contributed by atoms with Crippen LogP contribution in [0.15, 0.2) is 41.3 Å². The predicted octanol–water partition coefficient (Wildman–Crippen LogP) is 0.948. The molecule has 0 spiro atoms. The van der Waals surface area contributed by atoms with Crippen molar-refractivity contribution in [3.63, 3.8) is 0 Å². The molecule has 0 unspecified atom stereocenters. The van der Waals surface area contributed by atoms with Gasteiger partial charge >= 0.3 is 5.97 Å². The van der Waals surface area contributed by atoms with Gasteiger partial charge < -0.3 is 15.0 Å². The van der Waals surface area contributed by atoms with E-state index in [0.717, 1.165) is 5.56 Å². The largest absolute Gasteiger partial charge is 0.481 e. The third kappa shape index (κ3) is 3.60. The molecule has 0 aliphatic carbocycles. The summed E-state index contributed by atoms with van der Waals surface area (Å²) in [6.45, 7) is 2.14. The van der Waals surface area contributed by atoms with Gasteiger partial charge in [-0.05, 0) is 12.5 Å². The summed E-state index contributed by atoms with van der Waals surface area (Å²) >= 11 is 0. The van der Waals surface area contributed by atoms with Crippen LogP contribution in [0.1, 0.15) is 22.9 Å². The minimum absolute atomic E-state index is 0.0868. The summed E-state index contributed by atoms with van der Waals surface area (Å²) in [6, 6.07) is 9.34. The lowest BCUT2D eigenvalue weighted by Crippen LogP contribution is -2.33. The van der Waals surface area contributed by atoms with E-state index < -0.39 is 11.9 Å². The number of amides is 1. The Hall–Kier alpha value is -2.96. The molecule has 1 aromatic heterocycles. The molecule has 1 saturated heterocycles. The van der Waals surface area contributed by atoms with Gasteiger partial charge in [0.15, 0.2) is 0 Å². The van der Waals surface area contributed by atoms with Gasteiger partial charge in [0.1, 0.15) is 5.82 Å². The van der Waals surface area contributed by atoms with Gasteiger partial charge in [0.25, 0.3) is 5.56 Å². The number of hydrogen-bond donors (Lipinski definition) is 2. The maximum Gasteiger partial charge on any atom is 0.308 e. The summed E-state index contributed by atoms with van der Waals surface area (Å²) in [7, 11) is 0. The monoisotopic (exact) mass is 341 g/mol. The fourth-order valence-electron chi connectivity index (χ4n) is 3.21. The molecular weight excluding hydrogens is 322 g/mol. The molecule has 1 aliphatic heterocycles. The quantitative estimate of drug-likeness (QED) is 0.862. The number of carboxylic acid groups (broad SMARTS) is 1. The highest BCUT2D eigenvalue weighted by atomic mass is 16.4. The molecule has 1 amide bonds. The van der Waals surface area contributed by atoms with Gasteiger partial charge in [-0.15, -0.1) is 0 Å². The normalized spacial score (nSPS) is 19.8. The Bertz CT molecular complexity index is 847. The summed E-state index contributed by atoms with van der Waals surface area (Å²) in [4.78, 5) is 44.1. The fraction of sp³-hybridized carbons (Fsp3) is 0.333. The summed E-state index contributed by atoms with van der Waals surface area (Å²) < 4.78 is 0. The molecule has 25 heavy (non-hydrogen) atoms. The number of aliphatic carboxylic acids is 1. The highest BCUT2D eigenvalue weighted by molar-refractivity contribution is 5.81. The Morgan fingerprint density at radius 3 is 2.64 bits per heavy atom. The van der Waals surface area contributed by atoms with Crippen LogP contribution in [-0.4, -0.2) is 44.9 Å². The first-order chi connectivity index (χ1) is 12.0. The number of likely N-dealkylation sites (tertiary alicyclic amines) is 1. The molecule has 0 bridgehead atoms. The maximum atomic E-state index is 12.5. The van der Waals surface area contributed by atoms with Crippen molar-refractivity contribution in [2.24, 2.45) is 5.92 Å². The number of aromatic amines is 1. The number of nitrogens with one attached hydrogen (secondary N) is 1. The Kier molecular flexibility index (Phi) is 4.65. The number of rotatable bonds is 4. The van der Waals surface area contributed by atoms with Crippen molar-refractivity contribution in [2.75, 3.05) is 13.1 Å². The summed E-state index contributed by atoms with van der Waals surface area (Å²) in [5.74, 6) is -1.60. The topological polar surface area (TPSA) is 103 Å². The number of benzene rings is 1. The molecule has 130 valence electrons. The zero-order valence-electron chi connectivity index (χ0n) is 13.8. The minimum atomic E-state index is -0.918. The lowest BCUT2D eigenvalue weighted by atomic mass is 9.89. The van der Waals surface area contributed by atoms with Gasteiger partial charge in [-0.2, -0.15) is 0 Å². The van der Waals surface area contributed by atoms with Gasteiger partial charge in [0.2, 0.25) is 5.91 Å². The van der Waals surface area contributed by atoms with E-state index in [-0.39, 0.29) is 35.9 Å². The summed E-state index contributed by atoms with van der Waals surface area (Å²) in [6.07, 6.45) is 1.31. The zero-order chi connectivity index (χ0) is 18.0. The SMILES string of the molecule is Cc1ncc(CC(=O)N2C[C@H](C(=O)O)[C@@H](c3ccccc3)C2)c(=O)[nH]1. The number of aryl methyl sites for hydroxylation is 1. The van der Waals surface area contributed by atoms with Crippen LogP contribution in [0.5, 0.6) is 0 Å². The second-order valence-corrected chi connectivity index (χ2v) is 6.26. The number of nitrogens with zero attached hydrogens (tertiary/aromatic N) is 2. The molecule has 2 N–H and O–H groups in total. The van der Waals surface area contributed by atoms with Crippen LogP contribution in [0.2, 0.25) is 0 Å². The first kappa shape index (κ1) is 16.9. The molecule has 1 aromatic carbocycles. The van der Waals surface area contributed by atoms with E-state index in [1.54, 1.807) is 6.92 Å². The number of carbonyl (C=O) groups excluding carboxylic acids is 1. The van der Waals surface area contributed by atoms with E-state index in [4.69, 9.17) is 0 Å². The number of carboxylic acids is 1. The molecule has 2 aromatic rings. The second-order valence-electron chi connectivity index (χ2n) is 6.26. The first-order valence-corrected chi connectivity index (χ1v) is 8.06. The Balaban J connectivity index is 1.78. The Labute approximate surface area is 144 Å². The molecule has 1 aliphatic rings. The van der Waals surface area contributed by atoms with Crippen LogP contribution >= 0.6 is 0 Å². The number of carbonyl (C=O) groups is 2. The third-order valence-electron chi connectivity index (χ3n) is 4.56. The van der Waals surface area contributed by atoms with E-state index in [2.05, 4.69) is 9.97 Å². The van der Waals surface area contributed by atoms with Crippen LogP contribution < -0.4 is 5.56 Å². The average Bonchev–Trinajstić information content (AvgIpc) is 3.04. The molecule has 1 fully saturated rings. The molecule has 2 heterocycles. The van der Waals surface area contributed by atoms with E-state index in [1.165, 1.54) is 11.1 Å². The molecule has 0 radical (unpaired) electrons. The maximum absolute atomic E-state index is 12.5. The van der Waals surface area contributed by atoms with E-state index >= 15 is 0 Å². The van der Waals surface area contributed by atoms with Crippen molar-refractivity contribution in [3.05, 3.63) is 63.8 Å². The molecule has 7 heteroatoms.